The van der Waals surface area contributed by atoms with E-state index >= 15 is 0 Å². The fraction of sp³-hybridized carbons (Fsp3) is 0.600. The summed E-state index contributed by atoms with van der Waals surface area (Å²) >= 11 is 5.27. The maximum absolute atomic E-state index is 3.47. The van der Waals surface area contributed by atoms with E-state index in [0.29, 0.717) is 0 Å². The highest BCUT2D eigenvalue weighted by Crippen LogP contribution is 2.21. The van der Waals surface area contributed by atoms with Crippen molar-refractivity contribution in [3.63, 3.8) is 0 Å². The van der Waals surface area contributed by atoms with Gasteiger partial charge < -0.3 is 5.32 Å². The first kappa shape index (κ1) is 11.5. The number of thiophene rings is 1. The number of rotatable bonds is 4. The Morgan fingerprint density at radius 2 is 2.20 bits per heavy atom. The Bertz CT molecular complexity index is 297. The van der Waals surface area contributed by atoms with Gasteiger partial charge in [0.2, 0.25) is 0 Å². The zero-order chi connectivity index (χ0) is 10.5. The van der Waals surface area contributed by atoms with Crippen LogP contribution < -0.4 is 10.6 Å². The highest BCUT2D eigenvalue weighted by atomic mass is 79.9. The van der Waals surface area contributed by atoms with Gasteiger partial charge in [-0.1, -0.05) is 0 Å². The summed E-state index contributed by atoms with van der Waals surface area (Å²) in [6.45, 7) is 6.51. The van der Waals surface area contributed by atoms with E-state index in [2.05, 4.69) is 43.6 Å². The van der Waals surface area contributed by atoms with Crippen molar-refractivity contribution < 1.29 is 0 Å². The van der Waals surface area contributed by atoms with E-state index in [-0.39, 0.29) is 0 Å². The molecule has 1 aliphatic heterocycles. The highest BCUT2D eigenvalue weighted by molar-refractivity contribution is 9.11. The first-order valence-corrected chi connectivity index (χ1v) is 6.83. The molecule has 1 aromatic rings. The minimum absolute atomic E-state index is 0.972. The Morgan fingerprint density at radius 1 is 1.40 bits per heavy atom. The van der Waals surface area contributed by atoms with Gasteiger partial charge in [0.1, 0.15) is 0 Å². The van der Waals surface area contributed by atoms with Crippen LogP contribution >= 0.6 is 27.3 Å². The third-order valence-electron chi connectivity index (χ3n) is 2.47. The zero-order valence-electron chi connectivity index (χ0n) is 8.63. The molecule has 1 aliphatic rings. The van der Waals surface area contributed by atoms with Crippen LogP contribution in [0.4, 0.5) is 0 Å². The summed E-state index contributed by atoms with van der Waals surface area (Å²) in [6, 6.07) is 4.27. The standard InChI is InChI=1S/C10H16BrN3S/c11-10-2-1-9(15-10)7-13-8-14-5-3-12-4-6-14/h1-2,12-13H,3-8H2. The third-order valence-corrected chi connectivity index (χ3v) is 4.10. The molecule has 5 heteroatoms. The molecule has 0 unspecified atom stereocenters. The second kappa shape index (κ2) is 5.96. The monoisotopic (exact) mass is 289 g/mol. The predicted molar refractivity (Wildman–Crippen MR) is 68.2 cm³/mol. The van der Waals surface area contributed by atoms with Crippen molar-refractivity contribution in [2.24, 2.45) is 0 Å². The Kier molecular flexibility index (Phi) is 4.59. The number of hydrogen-bond donors (Lipinski definition) is 2. The van der Waals surface area contributed by atoms with Gasteiger partial charge in [0.15, 0.2) is 0 Å². The normalized spacial score (nSPS) is 18.2. The molecule has 0 aliphatic carbocycles. The van der Waals surface area contributed by atoms with Crippen molar-refractivity contribution in [2.45, 2.75) is 6.54 Å². The first-order valence-electron chi connectivity index (χ1n) is 5.22. The summed E-state index contributed by atoms with van der Waals surface area (Å²) in [5.41, 5.74) is 0. The maximum atomic E-state index is 3.47. The smallest absolute Gasteiger partial charge is 0.0701 e. The summed E-state index contributed by atoms with van der Waals surface area (Å²) in [6.07, 6.45) is 0. The third kappa shape index (κ3) is 3.85. The summed E-state index contributed by atoms with van der Waals surface area (Å²) in [7, 11) is 0. The van der Waals surface area contributed by atoms with Gasteiger partial charge in [-0.3, -0.25) is 10.2 Å². The summed E-state index contributed by atoms with van der Waals surface area (Å²) < 4.78 is 1.21. The summed E-state index contributed by atoms with van der Waals surface area (Å²) in [4.78, 5) is 3.83. The molecule has 84 valence electrons. The quantitative estimate of drug-likeness (QED) is 0.879. The van der Waals surface area contributed by atoms with Crippen molar-refractivity contribution in [3.8, 4) is 0 Å². The lowest BCUT2D eigenvalue weighted by Gasteiger charge is -2.27. The molecule has 0 atom stereocenters. The molecule has 0 bridgehead atoms. The Morgan fingerprint density at radius 3 is 2.87 bits per heavy atom. The molecule has 3 nitrogen and oxygen atoms in total. The van der Waals surface area contributed by atoms with Crippen LogP contribution in [0.15, 0.2) is 15.9 Å². The first-order chi connectivity index (χ1) is 7.34. The topological polar surface area (TPSA) is 27.3 Å². The number of piperazine rings is 1. The lowest BCUT2D eigenvalue weighted by molar-refractivity contribution is 0.223. The van der Waals surface area contributed by atoms with Crippen LogP contribution in [0.3, 0.4) is 0 Å². The van der Waals surface area contributed by atoms with Crippen LogP contribution in [0.5, 0.6) is 0 Å². The second-order valence-corrected chi connectivity index (χ2v) is 6.21. The van der Waals surface area contributed by atoms with Gasteiger partial charge in [-0.15, -0.1) is 11.3 Å². The second-order valence-electron chi connectivity index (χ2n) is 3.66. The molecule has 1 fully saturated rings. The molecule has 1 saturated heterocycles. The van der Waals surface area contributed by atoms with Crippen molar-refractivity contribution in [3.05, 3.63) is 20.8 Å². The molecule has 1 aromatic heterocycles. The highest BCUT2D eigenvalue weighted by Gasteiger charge is 2.08. The van der Waals surface area contributed by atoms with Crippen LogP contribution in [0.25, 0.3) is 0 Å². The maximum Gasteiger partial charge on any atom is 0.0701 e. The van der Waals surface area contributed by atoms with Gasteiger partial charge in [-0.2, -0.15) is 0 Å². The summed E-state index contributed by atoms with van der Waals surface area (Å²) in [5.74, 6) is 0. The Labute approximate surface area is 103 Å². The van der Waals surface area contributed by atoms with Gasteiger partial charge >= 0.3 is 0 Å². The van der Waals surface area contributed by atoms with Crippen LogP contribution in [-0.2, 0) is 6.54 Å². The fourth-order valence-corrected chi connectivity index (χ4v) is 3.11. The molecule has 2 heterocycles. The van der Waals surface area contributed by atoms with E-state index in [1.54, 1.807) is 11.3 Å². The van der Waals surface area contributed by atoms with E-state index in [4.69, 9.17) is 0 Å². The molecular formula is C10H16BrN3S. The predicted octanol–water partition coefficient (Wildman–Crippen LogP) is 1.46. The van der Waals surface area contributed by atoms with E-state index in [0.717, 1.165) is 39.4 Å². The van der Waals surface area contributed by atoms with Crippen molar-refractivity contribution in [1.82, 2.24) is 15.5 Å². The zero-order valence-corrected chi connectivity index (χ0v) is 11.0. The van der Waals surface area contributed by atoms with Crippen molar-refractivity contribution in [2.75, 3.05) is 32.8 Å². The minimum atomic E-state index is 0.972. The average Bonchev–Trinajstić information content (AvgIpc) is 2.66. The van der Waals surface area contributed by atoms with Gasteiger partial charge in [0.25, 0.3) is 0 Å². The van der Waals surface area contributed by atoms with Gasteiger partial charge in [-0.05, 0) is 28.1 Å². The van der Waals surface area contributed by atoms with Crippen molar-refractivity contribution in [1.29, 1.82) is 0 Å². The van der Waals surface area contributed by atoms with Gasteiger partial charge in [0.05, 0.1) is 3.79 Å². The molecule has 0 spiro atoms. The van der Waals surface area contributed by atoms with Crippen LogP contribution in [0, 0.1) is 0 Å². The van der Waals surface area contributed by atoms with E-state index in [9.17, 15) is 0 Å². The molecule has 2 N–H and O–H groups in total. The SMILES string of the molecule is Brc1ccc(CNCN2CCNCC2)s1. The molecule has 0 aromatic carbocycles. The summed E-state index contributed by atoms with van der Waals surface area (Å²) in [5, 5.41) is 6.83. The van der Waals surface area contributed by atoms with E-state index in [1.165, 1.54) is 8.66 Å². The van der Waals surface area contributed by atoms with Crippen LogP contribution in [0.1, 0.15) is 4.88 Å². The molecule has 2 rings (SSSR count). The van der Waals surface area contributed by atoms with Crippen LogP contribution in [-0.4, -0.2) is 37.7 Å². The molecule has 0 amide bonds. The van der Waals surface area contributed by atoms with Crippen molar-refractivity contribution >= 4 is 27.3 Å². The molecule has 0 radical (unpaired) electrons. The van der Waals surface area contributed by atoms with Gasteiger partial charge in [-0.25, -0.2) is 0 Å². The van der Waals surface area contributed by atoms with Crippen LogP contribution in [0.2, 0.25) is 0 Å². The molecule has 15 heavy (non-hydrogen) atoms. The minimum Gasteiger partial charge on any atom is -0.314 e. The largest absolute Gasteiger partial charge is 0.314 e. The average molecular weight is 290 g/mol. The number of hydrogen-bond acceptors (Lipinski definition) is 4. The number of nitrogens with zero attached hydrogens (tertiary/aromatic N) is 1. The van der Waals surface area contributed by atoms with E-state index in [1.807, 2.05) is 0 Å². The molecular weight excluding hydrogens is 274 g/mol. The lowest BCUT2D eigenvalue weighted by atomic mass is 10.4. The van der Waals surface area contributed by atoms with Gasteiger partial charge in [0, 0.05) is 44.3 Å². The Balaban J connectivity index is 1.65. The van der Waals surface area contributed by atoms with E-state index < -0.39 is 0 Å². The number of nitrogens with one attached hydrogen (secondary N) is 2. The molecule has 0 saturated carbocycles. The number of halogens is 1. The lowest BCUT2D eigenvalue weighted by Crippen LogP contribution is -2.46. The fourth-order valence-electron chi connectivity index (χ4n) is 1.65. The Hall–Kier alpha value is 0.0600.